The fourth-order valence-corrected chi connectivity index (χ4v) is 2.33. The van der Waals surface area contributed by atoms with Crippen LogP contribution in [0.15, 0.2) is 35.7 Å². The average Bonchev–Trinajstić information content (AvgIpc) is 2.80. The SMILES string of the molecule is Nc1cc(C(F)(F)F)ccc1C(O)c1cccs1. The predicted octanol–water partition coefficient (Wildman–Crippen LogP) is 3.43. The molecular formula is C12H10F3NOS. The van der Waals surface area contributed by atoms with E-state index >= 15 is 0 Å². The molecule has 0 saturated heterocycles. The molecule has 0 aliphatic carbocycles. The highest BCUT2D eigenvalue weighted by Gasteiger charge is 2.31. The third-order valence-electron chi connectivity index (χ3n) is 2.52. The summed E-state index contributed by atoms with van der Waals surface area (Å²) in [6.45, 7) is 0. The Morgan fingerprint density at radius 3 is 2.44 bits per heavy atom. The molecule has 6 heteroatoms. The molecule has 0 bridgehead atoms. The first-order valence-corrected chi connectivity index (χ1v) is 5.95. The molecule has 2 rings (SSSR count). The first-order valence-electron chi connectivity index (χ1n) is 5.07. The Bertz CT molecular complexity index is 537. The molecule has 0 amide bonds. The predicted molar refractivity (Wildman–Crippen MR) is 64.2 cm³/mol. The van der Waals surface area contributed by atoms with Gasteiger partial charge in [0.2, 0.25) is 0 Å². The zero-order valence-corrected chi connectivity index (χ0v) is 9.92. The third kappa shape index (κ3) is 2.49. The van der Waals surface area contributed by atoms with Crippen molar-refractivity contribution in [2.75, 3.05) is 5.73 Å². The van der Waals surface area contributed by atoms with Crippen molar-refractivity contribution in [3.8, 4) is 0 Å². The molecule has 2 nitrogen and oxygen atoms in total. The van der Waals surface area contributed by atoms with Crippen LogP contribution in [0.1, 0.15) is 22.1 Å². The summed E-state index contributed by atoms with van der Waals surface area (Å²) in [6, 6.07) is 6.42. The molecule has 1 aromatic carbocycles. The highest BCUT2D eigenvalue weighted by molar-refractivity contribution is 7.10. The van der Waals surface area contributed by atoms with Gasteiger partial charge in [0.25, 0.3) is 0 Å². The molecule has 0 saturated carbocycles. The molecule has 2 aromatic rings. The number of alkyl halides is 3. The lowest BCUT2D eigenvalue weighted by atomic mass is 10.0. The van der Waals surface area contributed by atoms with Gasteiger partial charge in [-0.3, -0.25) is 0 Å². The largest absolute Gasteiger partial charge is 0.416 e. The van der Waals surface area contributed by atoms with Crippen molar-refractivity contribution < 1.29 is 18.3 Å². The second-order valence-corrected chi connectivity index (χ2v) is 4.74. The van der Waals surface area contributed by atoms with Crippen LogP contribution in [0.25, 0.3) is 0 Å². The van der Waals surface area contributed by atoms with Gasteiger partial charge >= 0.3 is 6.18 Å². The van der Waals surface area contributed by atoms with Crippen molar-refractivity contribution in [3.05, 3.63) is 51.7 Å². The van der Waals surface area contributed by atoms with Crippen LogP contribution >= 0.6 is 11.3 Å². The third-order valence-corrected chi connectivity index (χ3v) is 3.45. The maximum atomic E-state index is 12.5. The average molecular weight is 273 g/mol. The van der Waals surface area contributed by atoms with E-state index in [1.54, 1.807) is 17.5 Å². The molecule has 0 radical (unpaired) electrons. The van der Waals surface area contributed by atoms with Crippen molar-refractivity contribution >= 4 is 17.0 Å². The van der Waals surface area contributed by atoms with Crippen molar-refractivity contribution in [2.45, 2.75) is 12.3 Å². The topological polar surface area (TPSA) is 46.2 Å². The van der Waals surface area contributed by atoms with Gasteiger partial charge in [0, 0.05) is 16.1 Å². The lowest BCUT2D eigenvalue weighted by Crippen LogP contribution is -2.08. The maximum Gasteiger partial charge on any atom is 0.416 e. The summed E-state index contributed by atoms with van der Waals surface area (Å²) < 4.78 is 37.4. The standard InChI is InChI=1S/C12H10F3NOS/c13-12(14,15)7-3-4-8(9(16)6-7)11(17)10-2-1-5-18-10/h1-6,11,17H,16H2. The number of nitrogens with two attached hydrogens (primary N) is 1. The van der Waals surface area contributed by atoms with E-state index in [0.717, 1.165) is 12.1 Å². The van der Waals surface area contributed by atoms with E-state index in [0.29, 0.717) is 4.88 Å². The van der Waals surface area contributed by atoms with Gasteiger partial charge in [-0.1, -0.05) is 12.1 Å². The van der Waals surface area contributed by atoms with Gasteiger partial charge in [-0.05, 0) is 23.6 Å². The summed E-state index contributed by atoms with van der Waals surface area (Å²) in [6.07, 6.45) is -5.42. The molecule has 0 aliphatic heterocycles. The molecule has 1 heterocycles. The maximum absolute atomic E-state index is 12.5. The first kappa shape index (κ1) is 12.9. The number of aliphatic hydroxyl groups is 1. The highest BCUT2D eigenvalue weighted by atomic mass is 32.1. The number of nitrogen functional groups attached to an aromatic ring is 1. The van der Waals surface area contributed by atoms with Crippen LogP contribution in [-0.4, -0.2) is 5.11 Å². The monoisotopic (exact) mass is 273 g/mol. The van der Waals surface area contributed by atoms with Gasteiger partial charge in [0.05, 0.1) is 5.56 Å². The van der Waals surface area contributed by atoms with Crippen LogP contribution in [0.5, 0.6) is 0 Å². The van der Waals surface area contributed by atoms with E-state index in [4.69, 9.17) is 5.73 Å². The normalized spacial score (nSPS) is 13.6. The lowest BCUT2D eigenvalue weighted by Gasteiger charge is -2.14. The minimum absolute atomic E-state index is 0.0641. The molecule has 3 N–H and O–H groups in total. The Kier molecular flexibility index (Phi) is 3.32. The van der Waals surface area contributed by atoms with Crippen molar-refractivity contribution in [2.24, 2.45) is 0 Å². The van der Waals surface area contributed by atoms with Crippen molar-refractivity contribution in [3.63, 3.8) is 0 Å². The number of thiophene rings is 1. The molecule has 1 atom stereocenters. The van der Waals surface area contributed by atoms with E-state index in [-0.39, 0.29) is 11.3 Å². The van der Waals surface area contributed by atoms with E-state index in [1.807, 2.05) is 0 Å². The quantitative estimate of drug-likeness (QED) is 0.823. The summed E-state index contributed by atoms with van der Waals surface area (Å²) in [4.78, 5) is 0.640. The van der Waals surface area contributed by atoms with Gasteiger partial charge < -0.3 is 10.8 Å². The molecule has 0 fully saturated rings. The summed E-state index contributed by atoms with van der Waals surface area (Å²) in [5.41, 5.74) is 4.97. The van der Waals surface area contributed by atoms with E-state index in [2.05, 4.69) is 0 Å². The smallest absolute Gasteiger partial charge is 0.398 e. The van der Waals surface area contributed by atoms with Crippen LogP contribution in [0.3, 0.4) is 0 Å². The number of halogens is 3. The Labute approximate surface area is 105 Å². The molecule has 0 aliphatic rings. The van der Waals surface area contributed by atoms with Gasteiger partial charge in [0.1, 0.15) is 6.10 Å². The zero-order chi connectivity index (χ0) is 13.3. The fraction of sp³-hybridized carbons (Fsp3) is 0.167. The fourth-order valence-electron chi connectivity index (χ4n) is 1.60. The molecule has 1 unspecified atom stereocenters. The summed E-state index contributed by atoms with van der Waals surface area (Å²) in [5, 5.41) is 11.8. The van der Waals surface area contributed by atoms with Crippen LogP contribution in [0, 0.1) is 0 Å². The van der Waals surface area contributed by atoms with Crippen molar-refractivity contribution in [1.29, 1.82) is 0 Å². The minimum Gasteiger partial charge on any atom is -0.398 e. The first-order chi connectivity index (χ1) is 8.39. The Hall–Kier alpha value is -1.53. The molecular weight excluding hydrogens is 263 g/mol. The number of anilines is 1. The molecule has 96 valence electrons. The number of hydrogen-bond donors (Lipinski definition) is 2. The number of benzene rings is 1. The summed E-state index contributed by atoms with van der Waals surface area (Å²) >= 11 is 1.32. The van der Waals surface area contributed by atoms with E-state index < -0.39 is 17.8 Å². The zero-order valence-electron chi connectivity index (χ0n) is 9.11. The van der Waals surface area contributed by atoms with Crippen LogP contribution in [0.4, 0.5) is 18.9 Å². The van der Waals surface area contributed by atoms with E-state index in [9.17, 15) is 18.3 Å². The molecule has 1 aromatic heterocycles. The number of aliphatic hydroxyl groups excluding tert-OH is 1. The summed E-state index contributed by atoms with van der Waals surface area (Å²) in [5.74, 6) is 0. The van der Waals surface area contributed by atoms with Gasteiger partial charge in [-0.15, -0.1) is 11.3 Å². The van der Waals surface area contributed by atoms with Gasteiger partial charge in [0.15, 0.2) is 0 Å². The lowest BCUT2D eigenvalue weighted by molar-refractivity contribution is -0.137. The van der Waals surface area contributed by atoms with Crippen LogP contribution in [0.2, 0.25) is 0 Å². The molecule has 18 heavy (non-hydrogen) atoms. The number of hydrogen-bond acceptors (Lipinski definition) is 3. The number of rotatable bonds is 2. The molecule has 0 spiro atoms. The summed E-state index contributed by atoms with van der Waals surface area (Å²) in [7, 11) is 0. The Morgan fingerprint density at radius 1 is 1.22 bits per heavy atom. The second-order valence-electron chi connectivity index (χ2n) is 3.76. The highest BCUT2D eigenvalue weighted by Crippen LogP contribution is 2.35. The van der Waals surface area contributed by atoms with Crippen molar-refractivity contribution in [1.82, 2.24) is 0 Å². The Morgan fingerprint density at radius 2 is 1.94 bits per heavy atom. The van der Waals surface area contributed by atoms with Gasteiger partial charge in [-0.25, -0.2) is 0 Å². The van der Waals surface area contributed by atoms with Gasteiger partial charge in [-0.2, -0.15) is 13.2 Å². The van der Waals surface area contributed by atoms with Crippen LogP contribution in [-0.2, 0) is 6.18 Å². The Balaban J connectivity index is 2.36. The van der Waals surface area contributed by atoms with Crippen LogP contribution < -0.4 is 5.73 Å². The minimum atomic E-state index is -4.43. The van der Waals surface area contributed by atoms with E-state index in [1.165, 1.54) is 17.4 Å². The second kappa shape index (κ2) is 4.62.